The molecule has 4 rings (SSSR count). The highest BCUT2D eigenvalue weighted by molar-refractivity contribution is 5.95. The molecule has 30 heavy (non-hydrogen) atoms. The maximum absolute atomic E-state index is 13.0. The van der Waals surface area contributed by atoms with Gasteiger partial charge in [0.25, 0.3) is 5.91 Å². The summed E-state index contributed by atoms with van der Waals surface area (Å²) in [5.41, 5.74) is 0.503. The Labute approximate surface area is 177 Å². The molecule has 1 saturated heterocycles. The molecule has 2 aliphatic carbocycles. The summed E-state index contributed by atoms with van der Waals surface area (Å²) >= 11 is 0. The topological polar surface area (TPSA) is 96.3 Å². The summed E-state index contributed by atoms with van der Waals surface area (Å²) in [6.07, 6.45) is 9.22. The highest BCUT2D eigenvalue weighted by atomic mass is 16.2. The van der Waals surface area contributed by atoms with Crippen LogP contribution < -0.4 is 10.6 Å². The van der Waals surface area contributed by atoms with Gasteiger partial charge in [0.1, 0.15) is 5.69 Å². The third-order valence-corrected chi connectivity index (χ3v) is 7.01. The van der Waals surface area contributed by atoms with Crippen LogP contribution in [0.2, 0.25) is 0 Å². The van der Waals surface area contributed by atoms with Crippen LogP contribution in [0, 0.1) is 17.8 Å². The highest BCUT2D eigenvalue weighted by Crippen LogP contribution is 2.34. The van der Waals surface area contributed by atoms with E-state index in [-0.39, 0.29) is 42.1 Å². The molecule has 0 unspecified atom stereocenters. The van der Waals surface area contributed by atoms with Gasteiger partial charge in [-0.25, -0.2) is 0 Å². The maximum atomic E-state index is 13.0. The first-order valence-corrected chi connectivity index (χ1v) is 11.4. The minimum absolute atomic E-state index is 0.0446. The van der Waals surface area contributed by atoms with E-state index in [0.717, 1.165) is 6.54 Å². The molecule has 3 aliphatic rings. The molecule has 0 aromatic carbocycles. The van der Waals surface area contributed by atoms with Crippen molar-refractivity contribution in [2.24, 2.45) is 17.8 Å². The molecule has 164 valence electrons. The molecule has 1 aliphatic heterocycles. The summed E-state index contributed by atoms with van der Waals surface area (Å²) in [4.78, 5) is 39.9. The number of hydrogen-bond donors (Lipinski definition) is 2. The number of nitrogens with one attached hydrogen (secondary N) is 2. The number of carbonyl (C=O) groups is 3. The molecule has 2 heterocycles. The third kappa shape index (κ3) is 4.52. The first-order valence-electron chi connectivity index (χ1n) is 11.4. The summed E-state index contributed by atoms with van der Waals surface area (Å²) in [5.74, 6) is 0.386. The number of rotatable bonds is 5. The number of aryl methyl sites for hydroxylation is 1. The fourth-order valence-electron chi connectivity index (χ4n) is 5.35. The van der Waals surface area contributed by atoms with Crippen molar-refractivity contribution in [3.63, 3.8) is 0 Å². The van der Waals surface area contributed by atoms with Crippen LogP contribution in [0.25, 0.3) is 0 Å². The molecule has 0 spiro atoms. The van der Waals surface area contributed by atoms with Gasteiger partial charge in [-0.2, -0.15) is 5.10 Å². The van der Waals surface area contributed by atoms with E-state index in [1.54, 1.807) is 21.8 Å². The van der Waals surface area contributed by atoms with Crippen LogP contribution in [0.4, 0.5) is 0 Å². The van der Waals surface area contributed by atoms with Crippen LogP contribution in [0.15, 0.2) is 12.3 Å². The normalized spacial score (nSPS) is 27.3. The Kier molecular flexibility index (Phi) is 6.39. The largest absolute Gasteiger partial charge is 0.356 e. The van der Waals surface area contributed by atoms with Gasteiger partial charge in [-0.05, 0) is 50.5 Å². The molecule has 1 aromatic rings. The van der Waals surface area contributed by atoms with Gasteiger partial charge in [0.2, 0.25) is 11.8 Å². The molecule has 3 amide bonds. The second kappa shape index (κ2) is 9.18. The van der Waals surface area contributed by atoms with Gasteiger partial charge in [0, 0.05) is 37.8 Å². The Morgan fingerprint density at radius 3 is 2.80 bits per heavy atom. The van der Waals surface area contributed by atoms with Crippen LogP contribution in [0.5, 0.6) is 0 Å². The zero-order valence-corrected chi connectivity index (χ0v) is 17.8. The number of carbonyl (C=O) groups excluding carboxylic acids is 3. The summed E-state index contributed by atoms with van der Waals surface area (Å²) < 4.78 is 1.65. The molecular formula is C22H33N5O3. The Morgan fingerprint density at radius 2 is 2.03 bits per heavy atom. The molecule has 0 bridgehead atoms. The number of aromatic nitrogens is 2. The Balaban J connectivity index is 1.37. The fraction of sp³-hybridized carbons (Fsp3) is 0.727. The van der Waals surface area contributed by atoms with Crippen molar-refractivity contribution in [1.82, 2.24) is 25.3 Å². The zero-order valence-electron chi connectivity index (χ0n) is 17.8. The Hall–Kier alpha value is -2.38. The van der Waals surface area contributed by atoms with E-state index in [1.807, 2.05) is 6.92 Å². The Morgan fingerprint density at radius 1 is 1.23 bits per heavy atom. The van der Waals surface area contributed by atoms with Crippen molar-refractivity contribution in [3.05, 3.63) is 18.0 Å². The smallest absolute Gasteiger partial charge is 0.272 e. The van der Waals surface area contributed by atoms with E-state index in [0.29, 0.717) is 37.5 Å². The van der Waals surface area contributed by atoms with Gasteiger partial charge in [0.05, 0.1) is 6.54 Å². The third-order valence-electron chi connectivity index (χ3n) is 7.01. The monoisotopic (exact) mass is 415 g/mol. The molecule has 8 nitrogen and oxygen atoms in total. The van der Waals surface area contributed by atoms with Crippen molar-refractivity contribution in [2.45, 2.75) is 64.5 Å². The average Bonchev–Trinajstić information content (AvgIpc) is 3.35. The van der Waals surface area contributed by atoms with E-state index in [4.69, 9.17) is 0 Å². The van der Waals surface area contributed by atoms with E-state index in [1.165, 1.54) is 32.1 Å². The molecule has 3 fully saturated rings. The lowest BCUT2D eigenvalue weighted by atomic mass is 9.89. The van der Waals surface area contributed by atoms with Gasteiger partial charge < -0.3 is 15.5 Å². The predicted molar refractivity (Wildman–Crippen MR) is 112 cm³/mol. The van der Waals surface area contributed by atoms with Crippen molar-refractivity contribution in [2.75, 3.05) is 19.6 Å². The van der Waals surface area contributed by atoms with Gasteiger partial charge in [0.15, 0.2) is 0 Å². The number of hydrogen-bond acceptors (Lipinski definition) is 4. The van der Waals surface area contributed by atoms with Crippen LogP contribution in [-0.2, 0) is 16.1 Å². The maximum Gasteiger partial charge on any atom is 0.272 e. The number of amides is 3. The van der Waals surface area contributed by atoms with Gasteiger partial charge >= 0.3 is 0 Å². The van der Waals surface area contributed by atoms with Crippen LogP contribution in [0.1, 0.15) is 62.4 Å². The van der Waals surface area contributed by atoms with Crippen molar-refractivity contribution in [3.8, 4) is 0 Å². The summed E-state index contributed by atoms with van der Waals surface area (Å²) in [6.45, 7) is 3.84. The van der Waals surface area contributed by atoms with Gasteiger partial charge in [-0.1, -0.05) is 19.3 Å². The van der Waals surface area contributed by atoms with E-state index in [2.05, 4.69) is 15.7 Å². The van der Waals surface area contributed by atoms with Crippen LogP contribution in [0.3, 0.4) is 0 Å². The molecule has 8 heteroatoms. The quantitative estimate of drug-likeness (QED) is 0.763. The fourth-order valence-corrected chi connectivity index (χ4v) is 5.35. The summed E-state index contributed by atoms with van der Waals surface area (Å²) in [5, 5.41) is 10.4. The van der Waals surface area contributed by atoms with Gasteiger partial charge in [-0.3, -0.25) is 19.1 Å². The number of nitrogens with zero attached hydrogens (tertiary/aromatic N) is 3. The van der Waals surface area contributed by atoms with Crippen molar-refractivity contribution >= 4 is 17.7 Å². The first-order chi connectivity index (χ1) is 14.5. The molecular weight excluding hydrogens is 382 g/mol. The van der Waals surface area contributed by atoms with E-state index < -0.39 is 0 Å². The second-order valence-electron chi connectivity index (χ2n) is 9.07. The van der Waals surface area contributed by atoms with Crippen LogP contribution >= 0.6 is 0 Å². The molecule has 1 aromatic heterocycles. The van der Waals surface area contributed by atoms with Gasteiger partial charge in [-0.15, -0.1) is 0 Å². The van der Waals surface area contributed by atoms with E-state index in [9.17, 15) is 14.4 Å². The van der Waals surface area contributed by atoms with Crippen molar-refractivity contribution < 1.29 is 14.4 Å². The molecule has 2 saturated carbocycles. The zero-order chi connectivity index (χ0) is 21.1. The standard InChI is InChI=1S/C22H33N5O3/c1-2-27-19(8-9-24-27)22(30)26-13-17-10-16(11-18(17)25-20(28)14-26)21(29)23-12-15-6-4-3-5-7-15/h8-9,15-18H,2-7,10-14H2,1H3,(H,23,29)(H,25,28)/t16-,17+,18+/m0/s1. The number of fused-ring (bicyclic) bond motifs is 1. The van der Waals surface area contributed by atoms with Crippen molar-refractivity contribution in [1.29, 1.82) is 0 Å². The second-order valence-corrected chi connectivity index (χ2v) is 9.07. The molecule has 2 N–H and O–H groups in total. The minimum Gasteiger partial charge on any atom is -0.356 e. The molecule has 3 atom stereocenters. The van der Waals surface area contributed by atoms with E-state index >= 15 is 0 Å². The summed E-state index contributed by atoms with van der Waals surface area (Å²) in [7, 11) is 0. The van der Waals surface area contributed by atoms with Crippen LogP contribution in [-0.4, -0.2) is 58.1 Å². The lowest BCUT2D eigenvalue weighted by molar-refractivity contribution is -0.126. The highest BCUT2D eigenvalue weighted by Gasteiger charge is 2.42. The lowest BCUT2D eigenvalue weighted by Gasteiger charge is -2.24. The lowest BCUT2D eigenvalue weighted by Crippen LogP contribution is -2.40. The Bertz CT molecular complexity index is 785. The average molecular weight is 416 g/mol. The minimum atomic E-state index is -0.171. The predicted octanol–water partition coefficient (Wildman–Crippen LogP) is 1.57. The SMILES string of the molecule is CCn1nccc1C(=O)N1CC(=O)N[C@@H]2C[C@@H](C(=O)NCC3CCCCC3)C[C@@H]2C1. The summed E-state index contributed by atoms with van der Waals surface area (Å²) in [6, 6.07) is 1.65. The molecule has 0 radical (unpaired) electrons. The first kappa shape index (κ1) is 20.9.